The molecule has 20 heavy (non-hydrogen) atoms. The molecule has 0 saturated carbocycles. The van der Waals surface area contributed by atoms with Gasteiger partial charge in [0.25, 0.3) is 5.91 Å². The highest BCUT2D eigenvalue weighted by Crippen LogP contribution is 2.29. The molecule has 0 fully saturated rings. The van der Waals surface area contributed by atoms with Gasteiger partial charge in [0.05, 0.1) is 22.3 Å². The van der Waals surface area contributed by atoms with E-state index in [1.165, 1.54) is 17.0 Å². The quantitative estimate of drug-likeness (QED) is 0.815. The van der Waals surface area contributed by atoms with E-state index < -0.39 is 5.91 Å². The molecule has 0 aromatic heterocycles. The van der Waals surface area contributed by atoms with Crippen LogP contribution in [-0.4, -0.2) is 29.8 Å². The SMILES string of the molecule is CC(C)CN(CC(N)=O)C(=O)c1cc(Cl)c(N)c(Cl)c1. The van der Waals surface area contributed by atoms with Gasteiger partial charge in [-0.05, 0) is 18.1 Å². The number of primary amides is 1. The molecule has 4 N–H and O–H groups in total. The first kappa shape index (κ1) is 16.6. The van der Waals surface area contributed by atoms with E-state index in [4.69, 9.17) is 34.7 Å². The molecule has 0 saturated heterocycles. The molecule has 1 aromatic carbocycles. The minimum absolute atomic E-state index is 0.156. The summed E-state index contributed by atoms with van der Waals surface area (Å²) in [6.45, 7) is 4.12. The summed E-state index contributed by atoms with van der Waals surface area (Å²) in [6, 6.07) is 2.86. The Morgan fingerprint density at radius 2 is 1.75 bits per heavy atom. The molecule has 0 bridgehead atoms. The number of hydrogen-bond donors (Lipinski definition) is 2. The number of hydrogen-bond acceptors (Lipinski definition) is 3. The van der Waals surface area contributed by atoms with Crippen LogP contribution in [0.25, 0.3) is 0 Å². The summed E-state index contributed by atoms with van der Waals surface area (Å²) < 4.78 is 0. The van der Waals surface area contributed by atoms with Crippen molar-refractivity contribution in [2.45, 2.75) is 13.8 Å². The van der Waals surface area contributed by atoms with Crippen molar-refractivity contribution in [2.75, 3.05) is 18.8 Å². The summed E-state index contributed by atoms with van der Waals surface area (Å²) in [4.78, 5) is 24.8. The number of carbonyl (C=O) groups is 2. The van der Waals surface area contributed by atoms with E-state index in [-0.39, 0.29) is 39.7 Å². The van der Waals surface area contributed by atoms with E-state index in [0.717, 1.165) is 0 Å². The minimum atomic E-state index is -0.577. The highest BCUT2D eigenvalue weighted by atomic mass is 35.5. The van der Waals surface area contributed by atoms with Gasteiger partial charge in [0.2, 0.25) is 5.91 Å². The molecule has 0 spiro atoms. The lowest BCUT2D eigenvalue weighted by Gasteiger charge is -2.23. The predicted molar refractivity (Wildman–Crippen MR) is 80.8 cm³/mol. The average Bonchev–Trinajstić information content (AvgIpc) is 2.32. The molecule has 110 valence electrons. The summed E-state index contributed by atoms with van der Waals surface area (Å²) in [5.74, 6) is -0.744. The monoisotopic (exact) mass is 317 g/mol. The Kier molecular flexibility index (Phi) is 5.65. The van der Waals surface area contributed by atoms with Gasteiger partial charge in [0.15, 0.2) is 0 Å². The third-order valence-corrected chi connectivity index (χ3v) is 3.17. The molecule has 0 heterocycles. The number of amides is 2. The Balaban J connectivity index is 3.08. The lowest BCUT2D eigenvalue weighted by Crippen LogP contribution is -2.40. The van der Waals surface area contributed by atoms with Gasteiger partial charge in [0, 0.05) is 12.1 Å². The maximum atomic E-state index is 12.4. The maximum Gasteiger partial charge on any atom is 0.254 e. The van der Waals surface area contributed by atoms with E-state index in [1.54, 1.807) is 0 Å². The van der Waals surface area contributed by atoms with E-state index in [9.17, 15) is 9.59 Å². The fourth-order valence-electron chi connectivity index (χ4n) is 1.74. The van der Waals surface area contributed by atoms with Crippen LogP contribution in [0, 0.1) is 5.92 Å². The maximum absolute atomic E-state index is 12.4. The van der Waals surface area contributed by atoms with Crippen molar-refractivity contribution < 1.29 is 9.59 Å². The molecule has 0 unspecified atom stereocenters. The van der Waals surface area contributed by atoms with Crippen molar-refractivity contribution >= 4 is 40.7 Å². The molecular formula is C13H17Cl2N3O2. The van der Waals surface area contributed by atoms with Crippen LogP contribution in [0.5, 0.6) is 0 Å². The number of nitrogen functional groups attached to an aromatic ring is 1. The highest BCUT2D eigenvalue weighted by Gasteiger charge is 2.20. The zero-order chi connectivity index (χ0) is 15.4. The summed E-state index contributed by atoms with van der Waals surface area (Å²) in [6.07, 6.45) is 0. The minimum Gasteiger partial charge on any atom is -0.396 e. The second kappa shape index (κ2) is 6.81. The Hall–Kier alpha value is -1.46. The Bertz CT molecular complexity index is 509. The average molecular weight is 318 g/mol. The van der Waals surface area contributed by atoms with Crippen LogP contribution in [0.2, 0.25) is 10.0 Å². The first-order valence-electron chi connectivity index (χ1n) is 6.04. The Morgan fingerprint density at radius 1 is 1.25 bits per heavy atom. The molecule has 0 radical (unpaired) electrons. The smallest absolute Gasteiger partial charge is 0.254 e. The molecular weight excluding hydrogens is 301 g/mol. The number of carbonyl (C=O) groups excluding carboxylic acids is 2. The molecule has 0 aliphatic rings. The second-order valence-electron chi connectivity index (χ2n) is 4.90. The van der Waals surface area contributed by atoms with E-state index in [1.807, 2.05) is 13.8 Å². The predicted octanol–water partition coefficient (Wildman–Crippen LogP) is 2.16. The topological polar surface area (TPSA) is 89.4 Å². The number of anilines is 1. The Morgan fingerprint density at radius 3 is 2.15 bits per heavy atom. The van der Waals surface area contributed by atoms with Crippen molar-refractivity contribution in [1.29, 1.82) is 0 Å². The third-order valence-electron chi connectivity index (χ3n) is 2.55. The standard InChI is InChI=1S/C13H17Cl2N3O2/c1-7(2)5-18(6-11(16)19)13(20)8-3-9(14)12(17)10(15)4-8/h3-4,7H,5-6,17H2,1-2H3,(H2,16,19). The van der Waals surface area contributed by atoms with E-state index >= 15 is 0 Å². The van der Waals surface area contributed by atoms with Gasteiger partial charge in [-0.2, -0.15) is 0 Å². The molecule has 7 heteroatoms. The Labute approximate surface area is 127 Å². The highest BCUT2D eigenvalue weighted by molar-refractivity contribution is 6.39. The lowest BCUT2D eigenvalue weighted by molar-refractivity contribution is -0.118. The molecule has 1 rings (SSSR count). The van der Waals surface area contributed by atoms with Crippen molar-refractivity contribution in [3.8, 4) is 0 Å². The van der Waals surface area contributed by atoms with Crippen LogP contribution >= 0.6 is 23.2 Å². The van der Waals surface area contributed by atoms with Gasteiger partial charge in [0.1, 0.15) is 0 Å². The van der Waals surface area contributed by atoms with Crippen molar-refractivity contribution in [3.05, 3.63) is 27.7 Å². The van der Waals surface area contributed by atoms with Crippen LogP contribution in [0.4, 0.5) is 5.69 Å². The molecule has 1 aromatic rings. The number of rotatable bonds is 5. The largest absolute Gasteiger partial charge is 0.396 e. The van der Waals surface area contributed by atoms with E-state index in [2.05, 4.69) is 0 Å². The number of halogens is 2. The van der Waals surface area contributed by atoms with Gasteiger partial charge >= 0.3 is 0 Å². The van der Waals surface area contributed by atoms with Crippen molar-refractivity contribution in [1.82, 2.24) is 4.90 Å². The number of benzene rings is 1. The second-order valence-corrected chi connectivity index (χ2v) is 5.71. The van der Waals surface area contributed by atoms with Gasteiger partial charge in [-0.1, -0.05) is 37.0 Å². The zero-order valence-corrected chi connectivity index (χ0v) is 12.8. The van der Waals surface area contributed by atoms with Crippen LogP contribution in [-0.2, 0) is 4.79 Å². The summed E-state index contributed by atoms with van der Waals surface area (Å²) >= 11 is 11.8. The summed E-state index contributed by atoms with van der Waals surface area (Å²) in [7, 11) is 0. The first-order chi connectivity index (χ1) is 9.22. The fourth-order valence-corrected chi connectivity index (χ4v) is 2.23. The summed E-state index contributed by atoms with van der Waals surface area (Å²) in [5, 5.41) is 0.397. The van der Waals surface area contributed by atoms with Gasteiger partial charge < -0.3 is 16.4 Å². The van der Waals surface area contributed by atoms with Gasteiger partial charge in [-0.3, -0.25) is 9.59 Å². The number of nitrogens with zero attached hydrogens (tertiary/aromatic N) is 1. The van der Waals surface area contributed by atoms with Gasteiger partial charge in [-0.25, -0.2) is 0 Å². The number of nitrogens with two attached hydrogens (primary N) is 2. The zero-order valence-electron chi connectivity index (χ0n) is 11.3. The van der Waals surface area contributed by atoms with Crippen LogP contribution < -0.4 is 11.5 Å². The molecule has 5 nitrogen and oxygen atoms in total. The third kappa shape index (κ3) is 4.28. The molecule has 0 aliphatic heterocycles. The van der Waals surface area contributed by atoms with Crippen LogP contribution in [0.3, 0.4) is 0 Å². The van der Waals surface area contributed by atoms with Crippen LogP contribution in [0.1, 0.15) is 24.2 Å². The van der Waals surface area contributed by atoms with Crippen molar-refractivity contribution in [3.63, 3.8) is 0 Å². The molecule has 0 atom stereocenters. The molecule has 0 aliphatic carbocycles. The van der Waals surface area contributed by atoms with Crippen LogP contribution in [0.15, 0.2) is 12.1 Å². The fraction of sp³-hybridized carbons (Fsp3) is 0.385. The van der Waals surface area contributed by atoms with Crippen molar-refractivity contribution in [2.24, 2.45) is 11.7 Å². The van der Waals surface area contributed by atoms with E-state index in [0.29, 0.717) is 6.54 Å². The molecule has 2 amide bonds. The normalized spacial score (nSPS) is 10.7. The summed E-state index contributed by atoms with van der Waals surface area (Å²) in [5.41, 5.74) is 11.3. The van der Waals surface area contributed by atoms with Gasteiger partial charge in [-0.15, -0.1) is 0 Å². The first-order valence-corrected chi connectivity index (χ1v) is 6.80. The lowest BCUT2D eigenvalue weighted by atomic mass is 10.1.